The van der Waals surface area contributed by atoms with E-state index < -0.39 is 10.0 Å². The van der Waals surface area contributed by atoms with Gasteiger partial charge in [-0.1, -0.05) is 19.3 Å². The van der Waals surface area contributed by atoms with Gasteiger partial charge in [-0.3, -0.25) is 0 Å². The Morgan fingerprint density at radius 3 is 2.38 bits per heavy atom. The highest BCUT2D eigenvalue weighted by Crippen LogP contribution is 2.29. The summed E-state index contributed by atoms with van der Waals surface area (Å²) in [5, 5.41) is 3.09. The Kier molecular flexibility index (Phi) is 5.84. The SMILES string of the molecule is O=C(NC1CCCCC1)N1CCN(S(=O)(=O)c2ccc(Br)s2)CC1. The summed E-state index contributed by atoms with van der Waals surface area (Å²) in [5.74, 6) is 0. The van der Waals surface area contributed by atoms with Crippen LogP contribution >= 0.6 is 27.3 Å². The van der Waals surface area contributed by atoms with Crippen LogP contribution in [0.4, 0.5) is 4.79 Å². The molecule has 1 N–H and O–H groups in total. The monoisotopic (exact) mass is 435 g/mol. The van der Waals surface area contributed by atoms with E-state index >= 15 is 0 Å². The van der Waals surface area contributed by atoms with E-state index in [0.717, 1.165) is 16.6 Å². The third-order valence-electron chi connectivity index (χ3n) is 4.60. The molecule has 0 bridgehead atoms. The van der Waals surface area contributed by atoms with Gasteiger partial charge in [0.15, 0.2) is 0 Å². The predicted octanol–water partition coefficient (Wildman–Crippen LogP) is 2.86. The van der Waals surface area contributed by atoms with Gasteiger partial charge in [-0.25, -0.2) is 13.2 Å². The van der Waals surface area contributed by atoms with Crippen molar-refractivity contribution in [2.75, 3.05) is 26.2 Å². The Labute approximate surface area is 155 Å². The lowest BCUT2D eigenvalue weighted by molar-refractivity contribution is 0.166. The highest BCUT2D eigenvalue weighted by molar-refractivity contribution is 9.11. The first-order valence-corrected chi connectivity index (χ1v) is 11.3. The second-order valence-electron chi connectivity index (χ2n) is 6.23. The second-order valence-corrected chi connectivity index (χ2v) is 10.9. The van der Waals surface area contributed by atoms with Gasteiger partial charge in [0.25, 0.3) is 10.0 Å². The van der Waals surface area contributed by atoms with Crippen LogP contribution in [0.15, 0.2) is 20.1 Å². The summed E-state index contributed by atoms with van der Waals surface area (Å²) in [7, 11) is -3.45. The molecule has 0 aromatic carbocycles. The number of hydrogen-bond acceptors (Lipinski definition) is 4. The van der Waals surface area contributed by atoms with Gasteiger partial charge < -0.3 is 10.2 Å². The molecular weight excluding hydrogens is 414 g/mol. The van der Waals surface area contributed by atoms with E-state index in [0.29, 0.717) is 30.4 Å². The third-order valence-corrected chi connectivity index (χ3v) is 8.59. The van der Waals surface area contributed by atoms with Crippen molar-refractivity contribution in [3.8, 4) is 0 Å². The van der Waals surface area contributed by atoms with Crippen LogP contribution in [-0.2, 0) is 10.0 Å². The third kappa shape index (κ3) is 4.12. The Balaban J connectivity index is 1.54. The van der Waals surface area contributed by atoms with Gasteiger partial charge in [-0.2, -0.15) is 4.31 Å². The summed E-state index contributed by atoms with van der Waals surface area (Å²) in [6.45, 7) is 1.56. The van der Waals surface area contributed by atoms with Gasteiger partial charge in [0.2, 0.25) is 0 Å². The molecule has 1 aromatic rings. The van der Waals surface area contributed by atoms with Gasteiger partial charge in [0.05, 0.1) is 3.79 Å². The lowest BCUT2D eigenvalue weighted by Crippen LogP contribution is -2.54. The number of thiophene rings is 1. The molecule has 24 heavy (non-hydrogen) atoms. The van der Waals surface area contributed by atoms with E-state index in [1.165, 1.54) is 34.9 Å². The summed E-state index contributed by atoms with van der Waals surface area (Å²) >= 11 is 4.51. The van der Waals surface area contributed by atoms with Gasteiger partial charge in [0.1, 0.15) is 4.21 Å². The molecule has 0 unspecified atom stereocenters. The van der Waals surface area contributed by atoms with Crippen LogP contribution in [0.1, 0.15) is 32.1 Å². The quantitative estimate of drug-likeness (QED) is 0.793. The van der Waals surface area contributed by atoms with Crippen LogP contribution in [-0.4, -0.2) is 55.9 Å². The largest absolute Gasteiger partial charge is 0.335 e. The van der Waals surface area contributed by atoms with Crippen molar-refractivity contribution >= 4 is 43.3 Å². The van der Waals surface area contributed by atoms with Gasteiger partial charge in [-0.15, -0.1) is 11.3 Å². The number of carbonyl (C=O) groups is 1. The molecular formula is C15H22BrN3O3S2. The van der Waals surface area contributed by atoms with Crippen LogP contribution in [0.3, 0.4) is 0 Å². The minimum absolute atomic E-state index is 0.0576. The van der Waals surface area contributed by atoms with E-state index in [-0.39, 0.29) is 12.1 Å². The highest BCUT2D eigenvalue weighted by atomic mass is 79.9. The normalized spacial score (nSPS) is 21.0. The van der Waals surface area contributed by atoms with E-state index in [1.54, 1.807) is 17.0 Å². The van der Waals surface area contributed by atoms with Gasteiger partial charge >= 0.3 is 6.03 Å². The summed E-state index contributed by atoms with van der Waals surface area (Å²) < 4.78 is 27.8. The molecule has 2 amide bonds. The van der Waals surface area contributed by atoms with E-state index in [1.807, 2.05) is 0 Å². The van der Waals surface area contributed by atoms with Crippen molar-refractivity contribution in [1.29, 1.82) is 0 Å². The lowest BCUT2D eigenvalue weighted by atomic mass is 9.96. The molecule has 1 saturated carbocycles. The average molecular weight is 436 g/mol. The number of sulfonamides is 1. The fraction of sp³-hybridized carbons (Fsp3) is 0.667. The topological polar surface area (TPSA) is 69.7 Å². The summed E-state index contributed by atoms with van der Waals surface area (Å²) in [6.07, 6.45) is 5.70. The lowest BCUT2D eigenvalue weighted by Gasteiger charge is -2.35. The minimum atomic E-state index is -3.45. The molecule has 1 saturated heterocycles. The smallest absolute Gasteiger partial charge is 0.317 e. The Morgan fingerprint density at radius 1 is 1.12 bits per heavy atom. The minimum Gasteiger partial charge on any atom is -0.335 e. The molecule has 1 aliphatic heterocycles. The van der Waals surface area contributed by atoms with Crippen molar-refractivity contribution in [3.05, 3.63) is 15.9 Å². The van der Waals surface area contributed by atoms with Crippen LogP contribution in [0.25, 0.3) is 0 Å². The fourth-order valence-electron chi connectivity index (χ4n) is 3.21. The number of nitrogens with one attached hydrogen (secondary N) is 1. The van der Waals surface area contributed by atoms with Crippen molar-refractivity contribution in [2.24, 2.45) is 0 Å². The number of piperazine rings is 1. The number of rotatable bonds is 3. The maximum Gasteiger partial charge on any atom is 0.317 e. The van der Waals surface area contributed by atoms with Crippen molar-refractivity contribution < 1.29 is 13.2 Å². The van der Waals surface area contributed by atoms with Crippen LogP contribution in [0, 0.1) is 0 Å². The van der Waals surface area contributed by atoms with E-state index in [9.17, 15) is 13.2 Å². The molecule has 2 fully saturated rings. The Bertz CT molecular complexity index is 678. The zero-order chi connectivity index (χ0) is 17.2. The second kappa shape index (κ2) is 7.72. The van der Waals surface area contributed by atoms with Crippen LogP contribution in [0.2, 0.25) is 0 Å². The average Bonchev–Trinajstić information content (AvgIpc) is 3.03. The number of carbonyl (C=O) groups excluding carboxylic acids is 1. The maximum atomic E-state index is 12.6. The zero-order valence-electron chi connectivity index (χ0n) is 13.4. The van der Waals surface area contributed by atoms with Crippen LogP contribution in [0.5, 0.6) is 0 Å². The number of nitrogens with zero attached hydrogens (tertiary/aromatic N) is 2. The molecule has 3 rings (SSSR count). The first-order chi connectivity index (χ1) is 11.5. The molecule has 9 heteroatoms. The Hall–Kier alpha value is -0.640. The summed E-state index contributed by atoms with van der Waals surface area (Å²) in [5.41, 5.74) is 0. The first kappa shape index (κ1) is 18.2. The highest BCUT2D eigenvalue weighted by Gasteiger charge is 2.31. The number of amides is 2. The van der Waals surface area contributed by atoms with E-state index in [2.05, 4.69) is 21.2 Å². The first-order valence-electron chi connectivity index (χ1n) is 8.28. The zero-order valence-corrected chi connectivity index (χ0v) is 16.6. The molecule has 0 radical (unpaired) electrons. The summed E-state index contributed by atoms with van der Waals surface area (Å²) in [4.78, 5) is 14.1. The van der Waals surface area contributed by atoms with Crippen molar-refractivity contribution in [1.82, 2.24) is 14.5 Å². The van der Waals surface area contributed by atoms with Crippen molar-refractivity contribution in [2.45, 2.75) is 42.4 Å². The van der Waals surface area contributed by atoms with Gasteiger partial charge in [-0.05, 0) is 40.9 Å². The molecule has 1 aromatic heterocycles. The standard InChI is InChI=1S/C15H22BrN3O3S2/c16-13-6-7-14(23-13)24(21,22)19-10-8-18(9-11-19)15(20)17-12-4-2-1-3-5-12/h6-7,12H,1-5,8-11H2,(H,17,20). The summed E-state index contributed by atoms with van der Waals surface area (Å²) in [6, 6.07) is 3.58. The van der Waals surface area contributed by atoms with E-state index in [4.69, 9.17) is 0 Å². The molecule has 2 heterocycles. The number of urea groups is 1. The molecule has 0 atom stereocenters. The molecule has 1 aliphatic carbocycles. The number of halogens is 1. The molecule has 134 valence electrons. The molecule has 2 aliphatic rings. The Morgan fingerprint density at radius 2 is 1.79 bits per heavy atom. The number of hydrogen-bond donors (Lipinski definition) is 1. The van der Waals surface area contributed by atoms with Crippen LogP contribution < -0.4 is 5.32 Å². The molecule has 6 nitrogen and oxygen atoms in total. The van der Waals surface area contributed by atoms with Crippen molar-refractivity contribution in [3.63, 3.8) is 0 Å². The maximum absolute atomic E-state index is 12.6. The molecule has 0 spiro atoms. The predicted molar refractivity (Wildman–Crippen MR) is 97.8 cm³/mol. The van der Waals surface area contributed by atoms with Gasteiger partial charge in [0, 0.05) is 32.2 Å². The fourth-order valence-corrected chi connectivity index (χ4v) is 6.79.